The zero-order valence-corrected chi connectivity index (χ0v) is 22.7. The Morgan fingerprint density at radius 2 is 1.73 bits per heavy atom. The fraction of sp³-hybridized carbons (Fsp3) is 0.517. The lowest BCUT2D eigenvalue weighted by Gasteiger charge is -2.30. The van der Waals surface area contributed by atoms with E-state index in [2.05, 4.69) is 0 Å². The van der Waals surface area contributed by atoms with E-state index in [1.165, 1.54) is 14.0 Å². The third kappa shape index (κ3) is 6.58. The first-order valence-electron chi connectivity index (χ1n) is 12.7. The molecule has 0 radical (unpaired) electrons. The first-order chi connectivity index (χ1) is 17.2. The molecule has 37 heavy (non-hydrogen) atoms. The van der Waals surface area contributed by atoms with Gasteiger partial charge in [0.25, 0.3) is 0 Å². The second-order valence-electron chi connectivity index (χ2n) is 10.2. The smallest absolute Gasteiger partial charge is 0.343 e. The van der Waals surface area contributed by atoms with Crippen LogP contribution in [0.25, 0.3) is 0 Å². The fourth-order valence-corrected chi connectivity index (χ4v) is 5.64. The number of ether oxygens (including phenoxy) is 3. The van der Waals surface area contributed by atoms with Crippen molar-refractivity contribution in [3.05, 3.63) is 59.2 Å². The van der Waals surface area contributed by atoms with Gasteiger partial charge in [0.1, 0.15) is 11.5 Å². The molecule has 1 unspecified atom stereocenters. The zero-order valence-electron chi connectivity index (χ0n) is 21.7. The van der Waals surface area contributed by atoms with Crippen molar-refractivity contribution >= 4 is 25.4 Å². The first-order valence-corrected chi connectivity index (χ1v) is 12.7. The van der Waals surface area contributed by atoms with Gasteiger partial charge in [-0.3, -0.25) is 0 Å². The Labute approximate surface area is 224 Å². The molecule has 4 rings (SSSR count). The van der Waals surface area contributed by atoms with Gasteiger partial charge in [0.15, 0.2) is 0 Å². The van der Waals surface area contributed by atoms with E-state index in [0.717, 1.165) is 49.7 Å². The van der Waals surface area contributed by atoms with E-state index in [9.17, 15) is 14.7 Å². The summed E-state index contributed by atoms with van der Waals surface area (Å²) in [6.45, 7) is 1.85. The maximum Gasteiger partial charge on any atom is 0.343 e. The lowest BCUT2D eigenvalue weighted by Crippen LogP contribution is -2.39. The van der Waals surface area contributed by atoms with Gasteiger partial charge in [-0.25, -0.2) is 14.0 Å². The van der Waals surface area contributed by atoms with Gasteiger partial charge in [-0.05, 0) is 105 Å². The molecule has 8 heteroatoms. The van der Waals surface area contributed by atoms with Crippen molar-refractivity contribution in [2.24, 2.45) is 11.8 Å². The number of aromatic carboxylic acids is 1. The van der Waals surface area contributed by atoms with E-state index in [1.54, 1.807) is 19.2 Å². The highest BCUT2D eigenvalue weighted by atomic mass is 32.1. The second-order valence-corrected chi connectivity index (χ2v) is 10.2. The summed E-state index contributed by atoms with van der Waals surface area (Å²) in [5.41, 5.74) is -0.167. The van der Waals surface area contributed by atoms with Crippen molar-refractivity contribution < 1.29 is 33.3 Å². The third-order valence-corrected chi connectivity index (χ3v) is 7.74. The molecular weight excluding hydrogens is 495 g/mol. The quantitative estimate of drug-likeness (QED) is 0.364. The minimum absolute atomic E-state index is 0. The summed E-state index contributed by atoms with van der Waals surface area (Å²) in [6.07, 6.45) is 5.40. The minimum Gasteiger partial charge on any atom is -0.497 e. The van der Waals surface area contributed by atoms with Gasteiger partial charge in [-0.2, -0.15) is 13.5 Å². The van der Waals surface area contributed by atoms with Gasteiger partial charge in [0.05, 0.1) is 26.4 Å². The van der Waals surface area contributed by atoms with Crippen LogP contribution in [-0.4, -0.2) is 43.5 Å². The maximum atomic E-state index is 15.5. The largest absolute Gasteiger partial charge is 0.497 e. The number of hydrogen-bond acceptors (Lipinski definition) is 5. The van der Waals surface area contributed by atoms with Crippen molar-refractivity contribution in [1.82, 2.24) is 0 Å². The predicted molar refractivity (Wildman–Crippen MR) is 144 cm³/mol. The average Bonchev–Trinajstić information content (AvgIpc) is 3.72. The van der Waals surface area contributed by atoms with E-state index in [-0.39, 0.29) is 25.3 Å². The van der Waals surface area contributed by atoms with Crippen LogP contribution >= 0.6 is 13.5 Å². The van der Waals surface area contributed by atoms with E-state index in [0.29, 0.717) is 29.6 Å². The van der Waals surface area contributed by atoms with Crippen molar-refractivity contribution in [2.45, 2.75) is 63.0 Å². The molecule has 0 spiro atoms. The summed E-state index contributed by atoms with van der Waals surface area (Å²) in [4.78, 5) is 23.9. The molecule has 0 bridgehead atoms. The number of rotatable bonds is 10. The summed E-state index contributed by atoms with van der Waals surface area (Å²) < 4.78 is 31.7. The molecule has 0 saturated heterocycles. The Hall–Kier alpha value is -2.74. The molecule has 0 heterocycles. The molecule has 202 valence electrons. The number of carbonyl (C=O) groups is 2. The van der Waals surface area contributed by atoms with Crippen LogP contribution in [0.3, 0.4) is 0 Å². The topological polar surface area (TPSA) is 82.1 Å². The van der Waals surface area contributed by atoms with E-state index < -0.39 is 23.5 Å². The zero-order chi connectivity index (χ0) is 25.9. The molecule has 0 aliphatic heterocycles. The molecule has 2 aromatic carbocycles. The maximum absolute atomic E-state index is 15.5. The number of carboxylic acids is 1. The molecule has 0 aromatic heterocycles. The molecule has 0 amide bonds. The molecule has 2 aromatic rings. The lowest BCUT2D eigenvalue weighted by atomic mass is 9.77. The van der Waals surface area contributed by atoms with Crippen LogP contribution in [0.15, 0.2) is 42.5 Å². The van der Waals surface area contributed by atoms with Crippen LogP contribution in [0.5, 0.6) is 11.5 Å². The average molecular weight is 533 g/mol. The summed E-state index contributed by atoms with van der Waals surface area (Å²) in [6, 6.07) is 12.6. The SMILES string of the molecule is COC(=O)C(C)(F)[C@H](c1cccc(OCC2CCC(c3cc(OC)ccc3C(=O)O)CC2)c1)C1CC1.S. The number of hydrogen-bond donors (Lipinski definition) is 1. The highest BCUT2D eigenvalue weighted by Gasteiger charge is 2.50. The Balaban J connectivity index is 0.00000380. The molecule has 2 fully saturated rings. The lowest BCUT2D eigenvalue weighted by molar-refractivity contribution is -0.155. The summed E-state index contributed by atoms with van der Waals surface area (Å²) in [5, 5.41) is 9.61. The number of halogens is 1. The second kappa shape index (κ2) is 12.2. The van der Waals surface area contributed by atoms with Crippen LogP contribution in [0, 0.1) is 11.8 Å². The van der Waals surface area contributed by atoms with Crippen molar-refractivity contribution in [1.29, 1.82) is 0 Å². The minimum atomic E-state index is -2.10. The van der Waals surface area contributed by atoms with Crippen LogP contribution in [-0.2, 0) is 9.53 Å². The van der Waals surface area contributed by atoms with Crippen molar-refractivity contribution in [3.63, 3.8) is 0 Å². The normalized spacial score (nSPS) is 21.6. The molecule has 2 aliphatic carbocycles. The standard InChI is InChI=1S/C29H35FO6.H2S/c1-29(30,28(33)35-3)26(20-11-12-20)21-5-4-6-23(15-21)36-17-18-7-9-19(10-8-18)25-16-22(34-2)13-14-24(25)27(31)32;/h4-6,13-16,18-20,26H,7-12,17H2,1-3H3,(H,31,32);1H2/t18?,19?,26-,29?;/m0./s1. The Morgan fingerprint density at radius 3 is 2.32 bits per heavy atom. The number of esters is 1. The van der Waals surface area contributed by atoms with E-state index >= 15 is 4.39 Å². The van der Waals surface area contributed by atoms with Gasteiger partial charge < -0.3 is 19.3 Å². The Bertz CT molecular complexity index is 1090. The molecular formula is C29H37FO6S. The number of alkyl halides is 1. The van der Waals surface area contributed by atoms with Crippen LogP contribution in [0.2, 0.25) is 0 Å². The highest BCUT2D eigenvalue weighted by molar-refractivity contribution is 7.59. The molecule has 2 aliphatic rings. The van der Waals surface area contributed by atoms with Gasteiger partial charge in [0.2, 0.25) is 5.67 Å². The Kier molecular flexibility index (Phi) is 9.51. The Morgan fingerprint density at radius 1 is 1.03 bits per heavy atom. The third-order valence-electron chi connectivity index (χ3n) is 7.74. The molecule has 6 nitrogen and oxygen atoms in total. The number of methoxy groups -OCH3 is 2. The molecule has 2 atom stereocenters. The monoisotopic (exact) mass is 532 g/mol. The van der Waals surface area contributed by atoms with Crippen LogP contribution in [0.4, 0.5) is 4.39 Å². The van der Waals surface area contributed by atoms with Crippen molar-refractivity contribution in [2.75, 3.05) is 20.8 Å². The van der Waals surface area contributed by atoms with Gasteiger partial charge >= 0.3 is 11.9 Å². The summed E-state index contributed by atoms with van der Waals surface area (Å²) >= 11 is 0. The van der Waals surface area contributed by atoms with Gasteiger partial charge in [-0.1, -0.05) is 12.1 Å². The van der Waals surface area contributed by atoms with Gasteiger partial charge in [0, 0.05) is 5.92 Å². The predicted octanol–water partition coefficient (Wildman–Crippen LogP) is 6.25. The van der Waals surface area contributed by atoms with E-state index in [4.69, 9.17) is 14.2 Å². The summed E-state index contributed by atoms with van der Waals surface area (Å²) in [5.74, 6) is -0.339. The molecule has 1 N–H and O–H groups in total. The summed E-state index contributed by atoms with van der Waals surface area (Å²) in [7, 11) is 2.80. The van der Waals surface area contributed by atoms with E-state index in [1.807, 2.05) is 30.3 Å². The fourth-order valence-electron chi connectivity index (χ4n) is 5.64. The van der Waals surface area contributed by atoms with Crippen LogP contribution < -0.4 is 9.47 Å². The highest BCUT2D eigenvalue weighted by Crippen LogP contribution is 2.50. The number of benzene rings is 2. The number of carboxylic acid groups (broad SMARTS) is 1. The molecule has 2 saturated carbocycles. The number of carbonyl (C=O) groups excluding carboxylic acids is 1. The van der Waals surface area contributed by atoms with Gasteiger partial charge in [-0.15, -0.1) is 0 Å². The van der Waals surface area contributed by atoms with Crippen LogP contribution in [0.1, 0.15) is 78.8 Å². The first kappa shape index (κ1) is 28.8. The van der Waals surface area contributed by atoms with Crippen molar-refractivity contribution in [3.8, 4) is 11.5 Å².